The fraction of sp³-hybridized carbons (Fsp3) is 0.353. The zero-order chi connectivity index (χ0) is 18.0. The maximum absolute atomic E-state index is 11.8. The van der Waals surface area contributed by atoms with Crippen molar-refractivity contribution in [3.63, 3.8) is 0 Å². The third kappa shape index (κ3) is 3.73. The molecule has 8 heteroatoms. The molecule has 2 unspecified atom stereocenters. The monoisotopic (exact) mass is 377 g/mol. The zero-order valence-corrected chi connectivity index (χ0v) is 14.9. The molecule has 1 aromatic heterocycles. The number of aromatic nitrogens is 2. The fourth-order valence-corrected chi connectivity index (χ4v) is 3.42. The van der Waals surface area contributed by atoms with Crippen LogP contribution in [-0.4, -0.2) is 15.7 Å². The minimum atomic E-state index is -0.585. The van der Waals surface area contributed by atoms with Crippen molar-refractivity contribution in [3.05, 3.63) is 40.0 Å². The number of carbonyl (C=O) groups is 1. The van der Waals surface area contributed by atoms with Crippen LogP contribution in [0, 0.1) is 17.2 Å². The van der Waals surface area contributed by atoms with Gasteiger partial charge in [-0.1, -0.05) is 36.0 Å². The molecule has 3 N–H and O–H groups in total. The molecular weight excluding hydrogens is 361 g/mol. The minimum absolute atomic E-state index is 0.0544. The summed E-state index contributed by atoms with van der Waals surface area (Å²) in [5.74, 6) is -0.363. The Bertz CT molecular complexity index is 842. The van der Waals surface area contributed by atoms with Crippen molar-refractivity contribution in [1.82, 2.24) is 9.78 Å². The van der Waals surface area contributed by atoms with Crippen molar-refractivity contribution >= 4 is 40.6 Å². The molecule has 25 heavy (non-hydrogen) atoms. The molecule has 1 aromatic carbocycles. The highest BCUT2D eigenvalue weighted by Crippen LogP contribution is 2.35. The summed E-state index contributed by atoms with van der Waals surface area (Å²) >= 11 is 11.9. The predicted molar refractivity (Wildman–Crippen MR) is 97.1 cm³/mol. The molecule has 1 saturated carbocycles. The Balaban J connectivity index is 1.93. The highest BCUT2D eigenvalue weighted by Gasteiger charge is 2.28. The van der Waals surface area contributed by atoms with Crippen LogP contribution in [0.25, 0.3) is 0 Å². The summed E-state index contributed by atoms with van der Waals surface area (Å²) in [6, 6.07) is 7.32. The second kappa shape index (κ2) is 7.34. The molecule has 0 radical (unpaired) electrons. The van der Waals surface area contributed by atoms with E-state index >= 15 is 0 Å². The smallest absolute Gasteiger partial charge is 0.254 e. The molecule has 2 aromatic rings. The summed E-state index contributed by atoms with van der Waals surface area (Å²) in [4.78, 5) is 11.8. The maximum atomic E-state index is 11.8. The summed E-state index contributed by atoms with van der Waals surface area (Å²) in [5, 5.41) is 17.7. The van der Waals surface area contributed by atoms with Crippen molar-refractivity contribution in [2.24, 2.45) is 11.7 Å². The average Bonchev–Trinajstić information content (AvgIpc) is 3.02. The van der Waals surface area contributed by atoms with Gasteiger partial charge in [0.25, 0.3) is 5.91 Å². The third-order valence-electron chi connectivity index (χ3n) is 4.41. The van der Waals surface area contributed by atoms with E-state index in [2.05, 4.69) is 16.5 Å². The lowest BCUT2D eigenvalue weighted by Crippen LogP contribution is -2.22. The molecule has 0 saturated heterocycles. The standard InChI is InChI=1S/C17H17Cl2N5O/c18-13-6-5-11(7-14(13)19)22-17-12(16(21)25)9-24(23-17)15-4-2-1-3-10(15)8-20/h5-7,9-10,15H,1-4H2,(H2,21,25)(H,22,23). The molecule has 1 amide bonds. The highest BCUT2D eigenvalue weighted by atomic mass is 35.5. The molecule has 2 atom stereocenters. The molecule has 0 bridgehead atoms. The van der Waals surface area contributed by atoms with E-state index in [1.165, 1.54) is 0 Å². The van der Waals surface area contributed by atoms with E-state index in [9.17, 15) is 10.1 Å². The first-order valence-electron chi connectivity index (χ1n) is 8.00. The summed E-state index contributed by atoms with van der Waals surface area (Å²) in [6.07, 6.45) is 5.37. The van der Waals surface area contributed by atoms with Gasteiger partial charge in [-0.05, 0) is 31.0 Å². The van der Waals surface area contributed by atoms with Crippen molar-refractivity contribution in [2.75, 3.05) is 5.32 Å². The van der Waals surface area contributed by atoms with Gasteiger partial charge in [0.1, 0.15) is 5.56 Å². The van der Waals surface area contributed by atoms with Crippen molar-refractivity contribution < 1.29 is 4.79 Å². The van der Waals surface area contributed by atoms with Gasteiger partial charge in [0, 0.05) is 11.9 Å². The quantitative estimate of drug-likeness (QED) is 0.830. The average molecular weight is 378 g/mol. The van der Waals surface area contributed by atoms with Crippen LogP contribution in [0.5, 0.6) is 0 Å². The van der Waals surface area contributed by atoms with Gasteiger partial charge >= 0.3 is 0 Å². The fourth-order valence-electron chi connectivity index (χ4n) is 3.12. The van der Waals surface area contributed by atoms with Gasteiger partial charge in [-0.2, -0.15) is 10.4 Å². The summed E-state index contributed by atoms with van der Waals surface area (Å²) < 4.78 is 1.69. The van der Waals surface area contributed by atoms with Crippen LogP contribution in [0.1, 0.15) is 42.1 Å². The van der Waals surface area contributed by atoms with Gasteiger partial charge < -0.3 is 11.1 Å². The molecule has 0 aliphatic heterocycles. The lowest BCUT2D eigenvalue weighted by Gasteiger charge is -2.26. The van der Waals surface area contributed by atoms with Crippen molar-refractivity contribution in [1.29, 1.82) is 5.26 Å². The Kier molecular flexibility index (Phi) is 5.16. The number of carbonyl (C=O) groups excluding carboxylic acids is 1. The molecule has 1 fully saturated rings. The number of benzene rings is 1. The second-order valence-electron chi connectivity index (χ2n) is 6.08. The van der Waals surface area contributed by atoms with Crippen LogP contribution in [-0.2, 0) is 0 Å². The van der Waals surface area contributed by atoms with Gasteiger partial charge in [-0.25, -0.2) is 0 Å². The molecule has 1 aliphatic rings. The summed E-state index contributed by atoms with van der Waals surface area (Å²) in [5.41, 5.74) is 6.40. The van der Waals surface area contributed by atoms with Gasteiger partial charge in [0.15, 0.2) is 5.82 Å². The van der Waals surface area contributed by atoms with Gasteiger partial charge in [-0.3, -0.25) is 9.48 Å². The van der Waals surface area contributed by atoms with Gasteiger partial charge in [0.05, 0.1) is 28.1 Å². The first-order valence-corrected chi connectivity index (χ1v) is 8.76. The van der Waals surface area contributed by atoms with Crippen LogP contribution in [0.3, 0.4) is 0 Å². The topological polar surface area (TPSA) is 96.7 Å². The number of rotatable bonds is 4. The van der Waals surface area contributed by atoms with Crippen LogP contribution < -0.4 is 11.1 Å². The number of nitrogens with zero attached hydrogens (tertiary/aromatic N) is 3. The number of amides is 1. The normalized spacial score (nSPS) is 20.0. The van der Waals surface area contributed by atoms with Crippen LogP contribution >= 0.6 is 23.2 Å². The molecular formula is C17H17Cl2N5O. The first kappa shape index (κ1) is 17.6. The first-order chi connectivity index (χ1) is 12.0. The van der Waals surface area contributed by atoms with E-state index in [1.54, 1.807) is 29.1 Å². The van der Waals surface area contributed by atoms with Crippen LogP contribution in [0.4, 0.5) is 11.5 Å². The number of nitrogens with two attached hydrogens (primary N) is 1. The minimum Gasteiger partial charge on any atom is -0.365 e. The Morgan fingerprint density at radius 3 is 2.76 bits per heavy atom. The van der Waals surface area contributed by atoms with Crippen molar-refractivity contribution in [2.45, 2.75) is 31.7 Å². The van der Waals surface area contributed by atoms with E-state index in [1.807, 2.05) is 0 Å². The Labute approximate surface area is 155 Å². The highest BCUT2D eigenvalue weighted by molar-refractivity contribution is 6.42. The van der Waals surface area contributed by atoms with Gasteiger partial charge in [0.2, 0.25) is 0 Å². The number of nitrogens with one attached hydrogen (secondary N) is 1. The van der Waals surface area contributed by atoms with E-state index < -0.39 is 5.91 Å². The maximum Gasteiger partial charge on any atom is 0.254 e. The number of hydrogen-bond acceptors (Lipinski definition) is 4. The van der Waals surface area contributed by atoms with E-state index in [4.69, 9.17) is 28.9 Å². The Morgan fingerprint density at radius 1 is 1.32 bits per heavy atom. The number of anilines is 2. The number of halogens is 2. The SMILES string of the molecule is N#CC1CCCCC1n1cc(C(N)=O)c(Nc2ccc(Cl)c(Cl)c2)n1. The molecule has 6 nitrogen and oxygen atoms in total. The molecule has 3 rings (SSSR count). The lowest BCUT2D eigenvalue weighted by atomic mass is 9.85. The summed E-state index contributed by atoms with van der Waals surface area (Å²) in [7, 11) is 0. The van der Waals surface area contributed by atoms with Crippen LogP contribution in [0.15, 0.2) is 24.4 Å². The third-order valence-corrected chi connectivity index (χ3v) is 5.15. The van der Waals surface area contributed by atoms with E-state index in [0.29, 0.717) is 21.6 Å². The number of nitriles is 1. The largest absolute Gasteiger partial charge is 0.365 e. The van der Waals surface area contributed by atoms with Gasteiger partial charge in [-0.15, -0.1) is 0 Å². The van der Waals surface area contributed by atoms with Crippen molar-refractivity contribution in [3.8, 4) is 6.07 Å². The van der Waals surface area contributed by atoms with E-state index in [-0.39, 0.29) is 17.5 Å². The Hall–Kier alpha value is -2.23. The number of primary amides is 1. The number of hydrogen-bond donors (Lipinski definition) is 2. The Morgan fingerprint density at radius 2 is 2.08 bits per heavy atom. The molecule has 0 spiro atoms. The predicted octanol–water partition coefficient (Wildman–Crippen LogP) is 4.29. The molecule has 1 heterocycles. The van der Waals surface area contributed by atoms with Crippen LogP contribution in [0.2, 0.25) is 10.0 Å². The summed E-state index contributed by atoms with van der Waals surface area (Å²) in [6.45, 7) is 0. The molecule has 1 aliphatic carbocycles. The molecule has 130 valence electrons. The second-order valence-corrected chi connectivity index (χ2v) is 6.89. The van der Waals surface area contributed by atoms with E-state index in [0.717, 1.165) is 25.7 Å². The lowest BCUT2D eigenvalue weighted by molar-refractivity contribution is 0.100. The zero-order valence-electron chi connectivity index (χ0n) is 13.4.